The molecule has 9 atom stereocenters. The molecule has 5 fully saturated rings. The first-order valence-corrected chi connectivity index (χ1v) is 18.6. The number of carboxylic acids is 1. The second-order valence-corrected chi connectivity index (χ2v) is 18.6. The summed E-state index contributed by atoms with van der Waals surface area (Å²) in [7, 11) is 0. The maximum atomic E-state index is 14.1. The third-order valence-corrected chi connectivity index (χ3v) is 15.5. The van der Waals surface area contributed by atoms with Crippen molar-refractivity contribution in [2.45, 2.75) is 145 Å². The second kappa shape index (κ2) is 11.9. The van der Waals surface area contributed by atoms with E-state index in [1.807, 2.05) is 26.0 Å². The molecule has 0 aliphatic heterocycles. The number of carbonyl (C=O) groups excluding carboxylic acids is 2. The van der Waals surface area contributed by atoms with Crippen LogP contribution in [0.25, 0.3) is 0 Å². The molecule has 47 heavy (non-hydrogen) atoms. The van der Waals surface area contributed by atoms with Gasteiger partial charge in [0.2, 0.25) is 5.91 Å². The van der Waals surface area contributed by atoms with E-state index in [1.54, 1.807) is 12.4 Å². The van der Waals surface area contributed by atoms with Crippen molar-refractivity contribution in [3.63, 3.8) is 0 Å². The molecule has 0 saturated heterocycles. The highest BCUT2D eigenvalue weighted by atomic mass is 16.5. The summed E-state index contributed by atoms with van der Waals surface area (Å²) in [5.74, 6) is 1.23. The second-order valence-electron chi connectivity index (χ2n) is 18.6. The first-order valence-electron chi connectivity index (χ1n) is 18.6. The Morgan fingerprint density at radius 3 is 2.28 bits per heavy atom. The van der Waals surface area contributed by atoms with Gasteiger partial charge in [0.1, 0.15) is 6.10 Å². The van der Waals surface area contributed by atoms with Crippen molar-refractivity contribution in [2.24, 2.45) is 56.2 Å². The Morgan fingerprint density at radius 2 is 1.57 bits per heavy atom. The predicted octanol–water partition coefficient (Wildman–Crippen LogP) is 8.36. The summed E-state index contributed by atoms with van der Waals surface area (Å²) >= 11 is 0. The number of amides is 1. The number of carbonyl (C=O) groups is 3. The number of pyridine rings is 1. The summed E-state index contributed by atoms with van der Waals surface area (Å²) in [6, 6.07) is 3.98. The van der Waals surface area contributed by atoms with Crippen LogP contribution in [0, 0.1) is 56.2 Å². The summed E-state index contributed by atoms with van der Waals surface area (Å²) in [4.78, 5) is 42.7. The van der Waals surface area contributed by atoms with Crippen LogP contribution >= 0.6 is 0 Å². The van der Waals surface area contributed by atoms with Crippen molar-refractivity contribution in [3.05, 3.63) is 30.1 Å². The van der Waals surface area contributed by atoms with Crippen LogP contribution in [0.3, 0.4) is 0 Å². The minimum atomic E-state index is -0.883. The Hall–Kier alpha value is -2.44. The SMILES string of the molecule is CC(C)(CC(=O)O)CC(=O)O[C@H]1CC[C@@]2(C)C(CC[C@]3(C)C2CC[C@@H]2[C@H]4CCC[C@]4(C(=O)NCc4ccncc4)CC[C@]23C)C1(C)C. The van der Waals surface area contributed by atoms with Crippen molar-refractivity contribution < 1.29 is 24.2 Å². The number of carboxylic acid groups (broad SMARTS) is 1. The molecular weight excluding hydrogens is 588 g/mol. The minimum Gasteiger partial charge on any atom is -0.481 e. The van der Waals surface area contributed by atoms with Crippen LogP contribution < -0.4 is 5.32 Å². The van der Waals surface area contributed by atoms with E-state index in [-0.39, 0.29) is 57.9 Å². The summed E-state index contributed by atoms with van der Waals surface area (Å²) in [6.07, 6.45) is 15.7. The lowest BCUT2D eigenvalue weighted by Gasteiger charge is -2.72. The van der Waals surface area contributed by atoms with Gasteiger partial charge in [0.25, 0.3) is 0 Å². The Bertz CT molecular complexity index is 1380. The van der Waals surface area contributed by atoms with Gasteiger partial charge < -0.3 is 15.2 Å². The van der Waals surface area contributed by atoms with Crippen molar-refractivity contribution >= 4 is 17.8 Å². The molecule has 0 radical (unpaired) electrons. The number of esters is 1. The molecular formula is C40H60N2O5. The lowest BCUT2D eigenvalue weighted by molar-refractivity contribution is -0.247. The molecule has 1 aromatic heterocycles. The third-order valence-electron chi connectivity index (χ3n) is 15.5. The van der Waals surface area contributed by atoms with Crippen LogP contribution in [0.4, 0.5) is 0 Å². The van der Waals surface area contributed by atoms with Gasteiger partial charge in [-0.1, -0.05) is 54.9 Å². The molecule has 0 aromatic carbocycles. The lowest BCUT2D eigenvalue weighted by atomic mass is 9.32. The fourth-order valence-corrected chi connectivity index (χ4v) is 13.1. The Balaban J connectivity index is 1.19. The molecule has 1 amide bonds. The van der Waals surface area contributed by atoms with E-state index in [1.165, 1.54) is 25.7 Å². The summed E-state index contributed by atoms with van der Waals surface area (Å²) < 4.78 is 6.24. The van der Waals surface area contributed by atoms with Gasteiger partial charge in [0, 0.05) is 24.4 Å². The van der Waals surface area contributed by atoms with Crippen LogP contribution in [-0.2, 0) is 25.7 Å². The van der Waals surface area contributed by atoms with Crippen molar-refractivity contribution in [1.82, 2.24) is 10.3 Å². The van der Waals surface area contributed by atoms with Gasteiger partial charge in [-0.2, -0.15) is 0 Å². The molecule has 2 N–H and O–H groups in total. The fourth-order valence-electron chi connectivity index (χ4n) is 13.1. The Morgan fingerprint density at radius 1 is 0.851 bits per heavy atom. The van der Waals surface area contributed by atoms with Crippen molar-refractivity contribution in [1.29, 1.82) is 0 Å². The number of aromatic nitrogens is 1. The molecule has 6 rings (SSSR count). The first-order chi connectivity index (χ1) is 22.0. The van der Waals surface area contributed by atoms with Gasteiger partial charge >= 0.3 is 11.9 Å². The van der Waals surface area contributed by atoms with Crippen molar-refractivity contribution in [2.75, 3.05) is 0 Å². The maximum Gasteiger partial charge on any atom is 0.306 e. The highest BCUT2D eigenvalue weighted by Gasteiger charge is 2.71. The van der Waals surface area contributed by atoms with Crippen LogP contribution in [0.2, 0.25) is 0 Å². The molecule has 0 bridgehead atoms. The fraction of sp³-hybridized carbons (Fsp3) is 0.800. The highest BCUT2D eigenvalue weighted by molar-refractivity contribution is 5.83. The zero-order chi connectivity index (χ0) is 34.0. The first kappa shape index (κ1) is 34.4. The largest absolute Gasteiger partial charge is 0.481 e. The van der Waals surface area contributed by atoms with Crippen LogP contribution in [0.15, 0.2) is 24.5 Å². The van der Waals surface area contributed by atoms with Gasteiger partial charge in [-0.05, 0) is 127 Å². The predicted molar refractivity (Wildman–Crippen MR) is 182 cm³/mol. The van der Waals surface area contributed by atoms with E-state index in [2.05, 4.69) is 44.9 Å². The van der Waals surface area contributed by atoms with Gasteiger partial charge in [0.15, 0.2) is 0 Å². The molecule has 1 aromatic rings. The zero-order valence-electron chi connectivity index (χ0n) is 30.1. The lowest BCUT2D eigenvalue weighted by Crippen LogP contribution is -2.67. The number of nitrogens with one attached hydrogen (secondary N) is 1. The average Bonchev–Trinajstić information content (AvgIpc) is 3.43. The number of hydrogen-bond donors (Lipinski definition) is 2. The zero-order valence-corrected chi connectivity index (χ0v) is 30.1. The maximum absolute atomic E-state index is 14.1. The summed E-state index contributed by atoms with van der Waals surface area (Å²) in [5.41, 5.74) is 0.674. The molecule has 7 nitrogen and oxygen atoms in total. The summed E-state index contributed by atoms with van der Waals surface area (Å²) in [6.45, 7) is 16.7. The molecule has 260 valence electrons. The molecule has 7 heteroatoms. The minimum absolute atomic E-state index is 0.0465. The van der Waals surface area contributed by atoms with E-state index < -0.39 is 11.4 Å². The molecule has 5 aliphatic rings. The van der Waals surface area contributed by atoms with Crippen molar-refractivity contribution in [3.8, 4) is 0 Å². The molecule has 2 unspecified atom stereocenters. The van der Waals surface area contributed by atoms with Crippen LogP contribution in [0.1, 0.15) is 138 Å². The van der Waals surface area contributed by atoms with E-state index in [4.69, 9.17) is 4.74 Å². The Labute approximate surface area is 282 Å². The normalized spacial score (nSPS) is 40.6. The summed E-state index contributed by atoms with van der Waals surface area (Å²) in [5, 5.41) is 12.7. The topological polar surface area (TPSA) is 106 Å². The van der Waals surface area contributed by atoms with Crippen LogP contribution in [-0.4, -0.2) is 34.0 Å². The number of ether oxygens (including phenoxy) is 1. The Kier molecular flexibility index (Phi) is 8.69. The molecule has 5 saturated carbocycles. The van der Waals surface area contributed by atoms with Gasteiger partial charge in [-0.25, -0.2) is 0 Å². The third kappa shape index (κ3) is 5.54. The average molecular weight is 649 g/mol. The van der Waals surface area contributed by atoms with Gasteiger partial charge in [0.05, 0.1) is 18.3 Å². The number of rotatable bonds is 8. The van der Waals surface area contributed by atoms with E-state index in [0.29, 0.717) is 30.2 Å². The number of nitrogens with zero attached hydrogens (tertiary/aromatic N) is 1. The number of hydrogen-bond acceptors (Lipinski definition) is 5. The van der Waals surface area contributed by atoms with Gasteiger partial charge in [-0.3, -0.25) is 19.4 Å². The smallest absolute Gasteiger partial charge is 0.306 e. The monoisotopic (exact) mass is 648 g/mol. The van der Waals surface area contributed by atoms with E-state index >= 15 is 0 Å². The van der Waals surface area contributed by atoms with E-state index in [9.17, 15) is 19.5 Å². The standard InChI is InChI=1S/C40H60N2O5/c1-35(2,23-32(43)44)24-33(45)47-31-13-17-37(5)29(36(31,3)4)12-18-39(7)30(37)11-10-27-28-9-8-16-40(28,20-19-38(27,39)6)34(46)42-25-26-14-21-41-22-15-26/h14-15,21-22,27-31H,8-13,16-20,23-25H2,1-7H3,(H,42,46)(H,43,44)/t27-,28-,29?,30?,31+,37+,38-,39-,40+/m1/s1. The van der Waals surface area contributed by atoms with Gasteiger partial charge in [-0.15, -0.1) is 0 Å². The number of fused-ring (bicyclic) bond motifs is 7. The van der Waals surface area contributed by atoms with Crippen LogP contribution in [0.5, 0.6) is 0 Å². The molecule has 1 heterocycles. The number of aliphatic carboxylic acids is 1. The highest BCUT2D eigenvalue weighted by Crippen LogP contribution is 2.77. The van der Waals surface area contributed by atoms with E-state index in [0.717, 1.165) is 50.5 Å². The molecule has 5 aliphatic carbocycles. The molecule has 0 spiro atoms. The quantitative estimate of drug-likeness (QED) is 0.275.